The van der Waals surface area contributed by atoms with E-state index in [1.165, 1.54) is 24.3 Å². The van der Waals surface area contributed by atoms with Crippen LogP contribution in [-0.2, 0) is 14.3 Å². The lowest BCUT2D eigenvalue weighted by Gasteiger charge is -2.16. The van der Waals surface area contributed by atoms with Gasteiger partial charge in [-0.1, -0.05) is 41.2 Å². The first-order valence-electron chi connectivity index (χ1n) is 9.82. The van der Waals surface area contributed by atoms with E-state index in [4.69, 9.17) is 9.47 Å². The molecule has 1 heterocycles. The van der Waals surface area contributed by atoms with E-state index in [-0.39, 0.29) is 16.5 Å². The fourth-order valence-corrected chi connectivity index (χ4v) is 3.33. The van der Waals surface area contributed by atoms with Gasteiger partial charge in [0, 0.05) is 4.90 Å². The lowest BCUT2D eigenvalue weighted by molar-refractivity contribution is -0.274. The summed E-state index contributed by atoms with van der Waals surface area (Å²) >= 11 is 1.15. The number of nitrogens with zero attached hydrogens (tertiary/aromatic N) is 2. The predicted molar refractivity (Wildman–Crippen MR) is 115 cm³/mol. The monoisotopic (exact) mass is 495 g/mol. The highest BCUT2D eigenvalue weighted by Crippen LogP contribution is 2.31. The Morgan fingerprint density at radius 1 is 0.941 bits per heavy atom. The second-order valence-corrected chi connectivity index (χ2v) is 8.98. The molecule has 2 aromatic carbocycles. The number of aromatic amines is 1. The standard InChI is InChI=1S/C22H20F3N3O5S/c1-21(2,3)20(30)32-12-31-19(29)17-18(27-28-26-17)34-16-10-6-14(7-11-16)13-4-8-15(9-5-13)33-22(23,24)25/h4-11H,12H2,1-3H3,(H,26,27,28). The zero-order valence-corrected chi connectivity index (χ0v) is 19.1. The van der Waals surface area contributed by atoms with Crippen LogP contribution in [0.4, 0.5) is 13.2 Å². The molecule has 0 fully saturated rings. The highest BCUT2D eigenvalue weighted by Gasteiger charge is 2.31. The number of hydrogen-bond donors (Lipinski definition) is 1. The Balaban J connectivity index is 1.61. The molecule has 0 saturated heterocycles. The van der Waals surface area contributed by atoms with Crippen LogP contribution < -0.4 is 4.74 Å². The van der Waals surface area contributed by atoms with Crippen molar-refractivity contribution < 1.29 is 37.0 Å². The number of aromatic nitrogens is 3. The minimum atomic E-state index is -4.75. The fraction of sp³-hybridized carbons (Fsp3) is 0.273. The summed E-state index contributed by atoms with van der Waals surface area (Å²) in [6, 6.07) is 12.6. The van der Waals surface area contributed by atoms with Gasteiger partial charge in [-0.2, -0.15) is 0 Å². The van der Waals surface area contributed by atoms with E-state index in [2.05, 4.69) is 20.1 Å². The fourth-order valence-electron chi connectivity index (χ4n) is 2.52. The number of carbonyl (C=O) groups excluding carboxylic acids is 2. The van der Waals surface area contributed by atoms with Gasteiger partial charge in [-0.3, -0.25) is 9.89 Å². The molecule has 0 aliphatic carbocycles. The van der Waals surface area contributed by atoms with Crippen molar-refractivity contribution in [3.05, 3.63) is 54.2 Å². The number of alkyl halides is 3. The van der Waals surface area contributed by atoms with Crippen molar-refractivity contribution in [3.63, 3.8) is 0 Å². The Kier molecular flexibility index (Phi) is 7.50. The maximum atomic E-state index is 12.3. The minimum Gasteiger partial charge on any atom is -0.427 e. The summed E-state index contributed by atoms with van der Waals surface area (Å²) in [6.07, 6.45) is -4.75. The van der Waals surface area contributed by atoms with Gasteiger partial charge in [0.2, 0.25) is 6.79 Å². The molecule has 34 heavy (non-hydrogen) atoms. The Morgan fingerprint density at radius 3 is 2.09 bits per heavy atom. The number of hydrogen-bond acceptors (Lipinski definition) is 8. The predicted octanol–water partition coefficient (Wildman–Crippen LogP) is 5.23. The van der Waals surface area contributed by atoms with Gasteiger partial charge in [0.1, 0.15) is 5.75 Å². The third-order valence-electron chi connectivity index (χ3n) is 4.20. The summed E-state index contributed by atoms with van der Waals surface area (Å²) in [5, 5.41) is 10.2. The molecule has 0 aliphatic heterocycles. The molecule has 3 rings (SSSR count). The normalized spacial score (nSPS) is 11.7. The van der Waals surface area contributed by atoms with Gasteiger partial charge in [-0.05, 0) is 56.2 Å². The van der Waals surface area contributed by atoms with Crippen molar-refractivity contribution in [1.29, 1.82) is 0 Å². The van der Waals surface area contributed by atoms with Crippen molar-refractivity contribution >= 4 is 23.7 Å². The van der Waals surface area contributed by atoms with E-state index in [1.807, 2.05) is 0 Å². The molecule has 0 saturated carbocycles. The highest BCUT2D eigenvalue weighted by atomic mass is 32.2. The summed E-state index contributed by atoms with van der Waals surface area (Å²) < 4.78 is 50.6. The molecule has 0 unspecified atom stereocenters. The average Bonchev–Trinajstić information content (AvgIpc) is 3.21. The van der Waals surface area contributed by atoms with E-state index >= 15 is 0 Å². The van der Waals surface area contributed by atoms with Crippen LogP contribution >= 0.6 is 11.8 Å². The van der Waals surface area contributed by atoms with E-state index in [9.17, 15) is 22.8 Å². The van der Waals surface area contributed by atoms with E-state index in [0.29, 0.717) is 5.56 Å². The van der Waals surface area contributed by atoms with Gasteiger partial charge in [-0.25, -0.2) is 4.79 Å². The largest absolute Gasteiger partial charge is 0.573 e. The summed E-state index contributed by atoms with van der Waals surface area (Å²) in [5.74, 6) is -1.60. The van der Waals surface area contributed by atoms with Crippen LogP contribution in [0.1, 0.15) is 31.3 Å². The molecule has 1 aromatic heterocycles. The van der Waals surface area contributed by atoms with Crippen LogP contribution in [0, 0.1) is 5.41 Å². The Bertz CT molecular complexity index is 1140. The van der Waals surface area contributed by atoms with Gasteiger partial charge in [0.05, 0.1) is 5.41 Å². The molecule has 0 spiro atoms. The quantitative estimate of drug-likeness (QED) is 0.351. The van der Waals surface area contributed by atoms with E-state index < -0.39 is 30.5 Å². The smallest absolute Gasteiger partial charge is 0.427 e. The lowest BCUT2D eigenvalue weighted by atomic mass is 9.98. The number of benzene rings is 2. The van der Waals surface area contributed by atoms with Crippen molar-refractivity contribution in [2.45, 2.75) is 37.1 Å². The second kappa shape index (κ2) is 10.2. The molecular weight excluding hydrogens is 475 g/mol. The molecule has 0 radical (unpaired) electrons. The molecular formula is C22H20F3N3O5S. The third-order valence-corrected chi connectivity index (χ3v) is 5.19. The number of carbonyl (C=O) groups is 2. The van der Waals surface area contributed by atoms with Gasteiger partial charge in [0.25, 0.3) is 0 Å². The first-order chi connectivity index (χ1) is 15.9. The van der Waals surface area contributed by atoms with Crippen LogP contribution in [0.3, 0.4) is 0 Å². The van der Waals surface area contributed by atoms with Gasteiger partial charge in [0.15, 0.2) is 10.7 Å². The number of ether oxygens (including phenoxy) is 3. The zero-order chi connectivity index (χ0) is 24.9. The van der Waals surface area contributed by atoms with Crippen LogP contribution in [0.15, 0.2) is 58.5 Å². The number of esters is 2. The van der Waals surface area contributed by atoms with Crippen molar-refractivity contribution in [1.82, 2.24) is 15.4 Å². The number of rotatable bonds is 7. The summed E-state index contributed by atoms with van der Waals surface area (Å²) in [5.41, 5.74) is 0.736. The minimum absolute atomic E-state index is 0.00105. The van der Waals surface area contributed by atoms with Crippen molar-refractivity contribution in [2.75, 3.05) is 6.79 Å². The van der Waals surface area contributed by atoms with Gasteiger partial charge in [-0.15, -0.1) is 18.3 Å². The van der Waals surface area contributed by atoms with Crippen LogP contribution in [0.5, 0.6) is 5.75 Å². The Morgan fingerprint density at radius 2 is 1.53 bits per heavy atom. The lowest BCUT2D eigenvalue weighted by Crippen LogP contribution is -2.24. The van der Waals surface area contributed by atoms with Gasteiger partial charge < -0.3 is 14.2 Å². The maximum Gasteiger partial charge on any atom is 0.573 e. The van der Waals surface area contributed by atoms with E-state index in [0.717, 1.165) is 22.2 Å². The number of H-pyrrole nitrogens is 1. The molecule has 0 atom stereocenters. The molecule has 180 valence electrons. The Hall–Kier alpha value is -3.54. The van der Waals surface area contributed by atoms with Crippen LogP contribution in [0.25, 0.3) is 11.1 Å². The summed E-state index contributed by atoms with van der Waals surface area (Å²) in [6.45, 7) is 4.48. The molecule has 3 aromatic rings. The van der Waals surface area contributed by atoms with E-state index in [1.54, 1.807) is 45.0 Å². The third kappa shape index (κ3) is 6.98. The summed E-state index contributed by atoms with van der Waals surface area (Å²) in [7, 11) is 0. The van der Waals surface area contributed by atoms with Gasteiger partial charge >= 0.3 is 18.3 Å². The highest BCUT2D eigenvalue weighted by molar-refractivity contribution is 7.99. The number of nitrogens with one attached hydrogen (secondary N) is 1. The Labute approximate surface area is 196 Å². The molecule has 0 amide bonds. The average molecular weight is 495 g/mol. The molecule has 0 aliphatic rings. The van der Waals surface area contributed by atoms with Crippen molar-refractivity contribution in [2.24, 2.45) is 5.41 Å². The molecule has 1 N–H and O–H groups in total. The van der Waals surface area contributed by atoms with Crippen LogP contribution in [0.2, 0.25) is 0 Å². The van der Waals surface area contributed by atoms with Crippen LogP contribution in [-0.4, -0.2) is 40.5 Å². The SMILES string of the molecule is CC(C)(C)C(=O)OCOC(=O)c1[nH]nnc1Sc1ccc(-c2ccc(OC(F)(F)F)cc2)cc1. The topological polar surface area (TPSA) is 103 Å². The summed E-state index contributed by atoms with van der Waals surface area (Å²) in [4.78, 5) is 24.7. The zero-order valence-electron chi connectivity index (χ0n) is 18.3. The number of halogens is 3. The molecule has 8 nitrogen and oxygen atoms in total. The first kappa shape index (κ1) is 25.1. The first-order valence-corrected chi connectivity index (χ1v) is 10.6. The maximum absolute atomic E-state index is 12.3. The second-order valence-electron chi connectivity index (χ2n) is 7.92. The molecule has 12 heteroatoms. The molecule has 0 bridgehead atoms. The van der Waals surface area contributed by atoms with Crippen molar-refractivity contribution in [3.8, 4) is 16.9 Å².